The molecular formula is C14H16O2. The molecule has 0 aliphatic heterocycles. The van der Waals surface area contributed by atoms with Crippen LogP contribution in [0.1, 0.15) is 32.3 Å². The van der Waals surface area contributed by atoms with Gasteiger partial charge in [0.2, 0.25) is 0 Å². The Morgan fingerprint density at radius 1 is 1.38 bits per heavy atom. The molecule has 1 atom stereocenters. The molecule has 0 amide bonds. The Labute approximate surface area is 96.6 Å². The summed E-state index contributed by atoms with van der Waals surface area (Å²) in [6.45, 7) is 3.45. The lowest BCUT2D eigenvalue weighted by Gasteiger charge is -2.08. The minimum atomic E-state index is -0.289. The molecule has 1 aromatic carbocycles. The first-order valence-electron chi connectivity index (χ1n) is 5.46. The molecule has 0 radical (unpaired) electrons. The summed E-state index contributed by atoms with van der Waals surface area (Å²) in [5.41, 5.74) is 0.941. The Morgan fingerprint density at radius 2 is 2.06 bits per heavy atom. The Morgan fingerprint density at radius 3 is 2.62 bits per heavy atom. The molecule has 0 aliphatic rings. The van der Waals surface area contributed by atoms with Gasteiger partial charge in [0, 0.05) is 12.5 Å². The standard InChI is InChI=1S/C14H16O2/c1-3-7-14(16-12(2)15)11-10-13-8-5-4-6-9-13/h4-6,8-9,14H,3,7H2,1-2H3. The molecule has 0 saturated carbocycles. The SMILES string of the molecule is CCCC(C#Cc1ccccc1)OC(C)=O. The molecule has 84 valence electrons. The van der Waals surface area contributed by atoms with Crippen LogP contribution in [-0.4, -0.2) is 12.1 Å². The number of carbonyl (C=O) groups is 1. The van der Waals surface area contributed by atoms with Crippen LogP contribution >= 0.6 is 0 Å². The van der Waals surface area contributed by atoms with Crippen molar-refractivity contribution in [2.24, 2.45) is 0 Å². The van der Waals surface area contributed by atoms with Crippen LogP contribution in [0.25, 0.3) is 0 Å². The van der Waals surface area contributed by atoms with E-state index in [-0.39, 0.29) is 12.1 Å². The summed E-state index contributed by atoms with van der Waals surface area (Å²) in [5.74, 6) is 5.71. The van der Waals surface area contributed by atoms with Crippen molar-refractivity contribution >= 4 is 5.97 Å². The Kier molecular flexibility index (Phi) is 5.15. The van der Waals surface area contributed by atoms with Crippen molar-refractivity contribution in [2.45, 2.75) is 32.8 Å². The Balaban J connectivity index is 2.67. The number of esters is 1. The van der Waals surface area contributed by atoms with E-state index >= 15 is 0 Å². The van der Waals surface area contributed by atoms with Gasteiger partial charge >= 0.3 is 5.97 Å². The van der Waals surface area contributed by atoms with Gasteiger partial charge in [0.1, 0.15) is 0 Å². The molecule has 1 rings (SSSR count). The molecule has 0 fully saturated rings. The fourth-order valence-corrected chi connectivity index (χ4v) is 1.31. The maximum absolute atomic E-state index is 10.9. The van der Waals surface area contributed by atoms with Gasteiger partial charge in [0.05, 0.1) is 0 Å². The first-order valence-corrected chi connectivity index (χ1v) is 5.46. The average Bonchev–Trinajstić information content (AvgIpc) is 2.27. The third-order valence-corrected chi connectivity index (χ3v) is 2.01. The second-order valence-corrected chi connectivity index (χ2v) is 3.52. The van der Waals surface area contributed by atoms with Crippen LogP contribution in [-0.2, 0) is 9.53 Å². The van der Waals surface area contributed by atoms with E-state index in [0.29, 0.717) is 0 Å². The topological polar surface area (TPSA) is 26.3 Å². The van der Waals surface area contributed by atoms with Crippen molar-refractivity contribution in [3.63, 3.8) is 0 Å². The predicted molar refractivity (Wildman–Crippen MR) is 63.8 cm³/mol. The lowest BCUT2D eigenvalue weighted by atomic mass is 10.2. The number of hydrogen-bond donors (Lipinski definition) is 0. The highest BCUT2D eigenvalue weighted by atomic mass is 16.5. The summed E-state index contributed by atoms with van der Waals surface area (Å²) >= 11 is 0. The average molecular weight is 216 g/mol. The van der Waals surface area contributed by atoms with E-state index in [2.05, 4.69) is 11.8 Å². The largest absolute Gasteiger partial charge is 0.449 e. The molecule has 0 heterocycles. The predicted octanol–water partition coefficient (Wildman–Crippen LogP) is 2.77. The van der Waals surface area contributed by atoms with E-state index in [0.717, 1.165) is 18.4 Å². The zero-order valence-electron chi connectivity index (χ0n) is 9.69. The molecule has 16 heavy (non-hydrogen) atoms. The first kappa shape index (κ1) is 12.3. The van der Waals surface area contributed by atoms with Gasteiger partial charge in [-0.3, -0.25) is 4.79 Å². The van der Waals surface area contributed by atoms with E-state index < -0.39 is 0 Å². The second-order valence-electron chi connectivity index (χ2n) is 3.52. The summed E-state index contributed by atoms with van der Waals surface area (Å²) in [6.07, 6.45) is 1.43. The highest BCUT2D eigenvalue weighted by molar-refractivity contribution is 5.66. The minimum absolute atomic E-state index is 0.277. The highest BCUT2D eigenvalue weighted by Crippen LogP contribution is 2.02. The van der Waals surface area contributed by atoms with Gasteiger partial charge in [-0.1, -0.05) is 43.4 Å². The first-order chi connectivity index (χ1) is 7.72. The summed E-state index contributed by atoms with van der Waals surface area (Å²) in [6, 6.07) is 9.68. The van der Waals surface area contributed by atoms with Crippen LogP contribution in [0, 0.1) is 11.8 Å². The molecule has 0 N–H and O–H groups in total. The van der Waals surface area contributed by atoms with E-state index in [1.807, 2.05) is 37.3 Å². The van der Waals surface area contributed by atoms with E-state index in [1.54, 1.807) is 0 Å². The van der Waals surface area contributed by atoms with Crippen LogP contribution < -0.4 is 0 Å². The smallest absolute Gasteiger partial charge is 0.303 e. The molecule has 0 aliphatic carbocycles. The van der Waals surface area contributed by atoms with Gasteiger partial charge in [0.25, 0.3) is 0 Å². The minimum Gasteiger partial charge on any atom is -0.449 e. The van der Waals surface area contributed by atoms with Crippen molar-refractivity contribution in [3.8, 4) is 11.8 Å². The second kappa shape index (κ2) is 6.68. The third-order valence-electron chi connectivity index (χ3n) is 2.01. The number of benzene rings is 1. The summed E-state index contributed by atoms with van der Waals surface area (Å²) in [7, 11) is 0. The Bertz CT molecular complexity index is 384. The normalized spacial score (nSPS) is 11.1. The molecule has 1 unspecified atom stereocenters. The van der Waals surface area contributed by atoms with Crippen LogP contribution in [0.2, 0.25) is 0 Å². The number of rotatable bonds is 3. The van der Waals surface area contributed by atoms with Gasteiger partial charge in [-0.2, -0.15) is 0 Å². The van der Waals surface area contributed by atoms with Crippen molar-refractivity contribution in [1.29, 1.82) is 0 Å². The molecular weight excluding hydrogens is 200 g/mol. The van der Waals surface area contributed by atoms with E-state index in [1.165, 1.54) is 6.92 Å². The Hall–Kier alpha value is -1.75. The van der Waals surface area contributed by atoms with Crippen molar-refractivity contribution < 1.29 is 9.53 Å². The van der Waals surface area contributed by atoms with Crippen molar-refractivity contribution in [2.75, 3.05) is 0 Å². The fraction of sp³-hybridized carbons (Fsp3) is 0.357. The molecule has 0 aromatic heterocycles. The lowest BCUT2D eigenvalue weighted by molar-refractivity contribution is -0.143. The third kappa shape index (κ3) is 4.65. The maximum atomic E-state index is 10.9. The number of ether oxygens (including phenoxy) is 1. The monoisotopic (exact) mass is 216 g/mol. The summed E-state index contributed by atoms with van der Waals surface area (Å²) in [5, 5.41) is 0. The van der Waals surface area contributed by atoms with Gasteiger partial charge in [-0.25, -0.2) is 0 Å². The molecule has 1 aromatic rings. The molecule has 0 spiro atoms. The van der Waals surface area contributed by atoms with E-state index in [4.69, 9.17) is 4.74 Å². The van der Waals surface area contributed by atoms with Crippen molar-refractivity contribution in [1.82, 2.24) is 0 Å². The number of hydrogen-bond acceptors (Lipinski definition) is 2. The summed E-state index contributed by atoms with van der Waals surface area (Å²) in [4.78, 5) is 10.9. The van der Waals surface area contributed by atoms with Gasteiger partial charge in [0.15, 0.2) is 6.10 Å². The molecule has 2 heteroatoms. The zero-order chi connectivity index (χ0) is 11.8. The number of carbonyl (C=O) groups excluding carboxylic acids is 1. The van der Waals surface area contributed by atoms with Crippen LogP contribution in [0.4, 0.5) is 0 Å². The van der Waals surface area contributed by atoms with Crippen molar-refractivity contribution in [3.05, 3.63) is 35.9 Å². The molecule has 0 saturated heterocycles. The lowest BCUT2D eigenvalue weighted by Crippen LogP contribution is -2.13. The van der Waals surface area contributed by atoms with Crippen LogP contribution in [0.3, 0.4) is 0 Å². The highest BCUT2D eigenvalue weighted by Gasteiger charge is 2.06. The summed E-state index contributed by atoms with van der Waals surface area (Å²) < 4.78 is 5.10. The van der Waals surface area contributed by atoms with Crippen LogP contribution in [0.15, 0.2) is 30.3 Å². The van der Waals surface area contributed by atoms with E-state index in [9.17, 15) is 4.79 Å². The van der Waals surface area contributed by atoms with Gasteiger partial charge in [-0.05, 0) is 18.6 Å². The molecule has 0 bridgehead atoms. The van der Waals surface area contributed by atoms with Gasteiger partial charge < -0.3 is 4.74 Å². The maximum Gasteiger partial charge on any atom is 0.303 e. The zero-order valence-corrected chi connectivity index (χ0v) is 9.69. The van der Waals surface area contributed by atoms with Crippen LogP contribution in [0.5, 0.6) is 0 Å². The van der Waals surface area contributed by atoms with Gasteiger partial charge in [-0.15, -0.1) is 0 Å². The quantitative estimate of drug-likeness (QED) is 0.573. The molecule has 2 nitrogen and oxygen atoms in total. The fourth-order valence-electron chi connectivity index (χ4n) is 1.31.